The van der Waals surface area contributed by atoms with Gasteiger partial charge in [-0.05, 0) is 25.8 Å². The van der Waals surface area contributed by atoms with Gasteiger partial charge in [-0.25, -0.2) is 14.8 Å². The second kappa shape index (κ2) is 6.20. The Morgan fingerprint density at radius 1 is 1.27 bits per heavy atom. The Kier molecular flexibility index (Phi) is 4.29. The highest BCUT2D eigenvalue weighted by molar-refractivity contribution is 5.89. The molecule has 0 radical (unpaired) electrons. The number of aromatic nitrogens is 2. The number of piperazine rings is 1. The van der Waals surface area contributed by atoms with Crippen LogP contribution >= 0.6 is 0 Å². The SMILES string of the molecule is CC(C)[C@H]1CN(C)CCN1C(=O)Nc1cnc(C2CC2)nc1. The summed E-state index contributed by atoms with van der Waals surface area (Å²) in [7, 11) is 2.11. The molecule has 6 nitrogen and oxygen atoms in total. The lowest BCUT2D eigenvalue weighted by atomic mass is 10.0. The number of hydrogen-bond donors (Lipinski definition) is 1. The van der Waals surface area contributed by atoms with Crippen molar-refractivity contribution < 1.29 is 4.79 Å². The first-order valence-electron chi connectivity index (χ1n) is 8.12. The molecule has 3 rings (SSSR count). The number of amides is 2. The molecule has 1 aromatic heterocycles. The lowest BCUT2D eigenvalue weighted by Gasteiger charge is -2.42. The lowest BCUT2D eigenvalue weighted by Crippen LogP contribution is -2.57. The zero-order chi connectivity index (χ0) is 15.7. The molecule has 2 aliphatic rings. The third-order valence-corrected chi connectivity index (χ3v) is 4.52. The largest absolute Gasteiger partial charge is 0.322 e. The van der Waals surface area contributed by atoms with Crippen LogP contribution in [0.2, 0.25) is 0 Å². The average Bonchev–Trinajstić information content (AvgIpc) is 3.32. The van der Waals surface area contributed by atoms with Gasteiger partial charge in [-0.15, -0.1) is 0 Å². The van der Waals surface area contributed by atoms with Crippen molar-refractivity contribution >= 4 is 11.7 Å². The van der Waals surface area contributed by atoms with E-state index in [1.807, 2.05) is 4.90 Å². The van der Waals surface area contributed by atoms with E-state index in [-0.39, 0.29) is 12.1 Å². The molecule has 0 spiro atoms. The summed E-state index contributed by atoms with van der Waals surface area (Å²) in [5.41, 5.74) is 0.677. The Balaban J connectivity index is 1.64. The molecule has 1 saturated heterocycles. The van der Waals surface area contributed by atoms with Gasteiger partial charge in [0.15, 0.2) is 0 Å². The van der Waals surface area contributed by atoms with Gasteiger partial charge in [0, 0.05) is 31.6 Å². The van der Waals surface area contributed by atoms with Crippen molar-refractivity contribution in [1.29, 1.82) is 0 Å². The van der Waals surface area contributed by atoms with E-state index in [9.17, 15) is 4.79 Å². The molecule has 1 saturated carbocycles. The first kappa shape index (κ1) is 15.2. The standard InChI is InChI=1S/C16H25N5O/c1-11(2)14-10-20(3)6-7-21(14)16(22)19-13-8-17-15(18-9-13)12-4-5-12/h8-9,11-12,14H,4-7,10H2,1-3H3,(H,19,22)/t14-/m1/s1. The summed E-state index contributed by atoms with van der Waals surface area (Å²) in [5, 5.41) is 2.94. The summed E-state index contributed by atoms with van der Waals surface area (Å²) in [4.78, 5) is 25.5. The van der Waals surface area contributed by atoms with E-state index in [0.29, 0.717) is 17.5 Å². The molecule has 2 fully saturated rings. The molecule has 1 aliphatic heterocycles. The number of hydrogen-bond acceptors (Lipinski definition) is 4. The normalized spacial score (nSPS) is 22.9. The first-order valence-corrected chi connectivity index (χ1v) is 8.12. The maximum atomic E-state index is 12.6. The molecule has 120 valence electrons. The smallest absolute Gasteiger partial charge is 0.319 e. The van der Waals surface area contributed by atoms with Crippen LogP contribution in [-0.4, -0.2) is 58.5 Å². The van der Waals surface area contributed by atoms with E-state index in [0.717, 1.165) is 25.5 Å². The number of rotatable bonds is 3. The Morgan fingerprint density at radius 3 is 2.55 bits per heavy atom. The molecule has 1 N–H and O–H groups in total. The Bertz CT molecular complexity index is 526. The number of nitrogens with zero attached hydrogens (tertiary/aromatic N) is 4. The molecular formula is C16H25N5O. The third-order valence-electron chi connectivity index (χ3n) is 4.52. The number of likely N-dealkylation sites (N-methyl/N-ethyl adjacent to an activating group) is 1. The van der Waals surface area contributed by atoms with E-state index in [2.05, 4.69) is 41.1 Å². The molecule has 1 atom stereocenters. The van der Waals surface area contributed by atoms with Crippen LogP contribution in [0.15, 0.2) is 12.4 Å². The van der Waals surface area contributed by atoms with Crippen LogP contribution in [0.25, 0.3) is 0 Å². The molecule has 2 heterocycles. The van der Waals surface area contributed by atoms with E-state index in [1.165, 1.54) is 12.8 Å². The summed E-state index contributed by atoms with van der Waals surface area (Å²) in [5.74, 6) is 1.87. The second-order valence-electron chi connectivity index (χ2n) is 6.80. The van der Waals surface area contributed by atoms with Gasteiger partial charge in [-0.1, -0.05) is 13.8 Å². The van der Waals surface area contributed by atoms with Crippen LogP contribution in [0, 0.1) is 5.92 Å². The van der Waals surface area contributed by atoms with Crippen LogP contribution in [-0.2, 0) is 0 Å². The summed E-state index contributed by atoms with van der Waals surface area (Å²) >= 11 is 0. The van der Waals surface area contributed by atoms with Crippen molar-refractivity contribution in [3.63, 3.8) is 0 Å². The van der Waals surface area contributed by atoms with E-state index >= 15 is 0 Å². The van der Waals surface area contributed by atoms with Crippen LogP contribution in [0.5, 0.6) is 0 Å². The maximum Gasteiger partial charge on any atom is 0.322 e. The van der Waals surface area contributed by atoms with Gasteiger partial charge < -0.3 is 15.1 Å². The van der Waals surface area contributed by atoms with Crippen LogP contribution < -0.4 is 5.32 Å². The average molecular weight is 303 g/mol. The molecule has 0 unspecified atom stereocenters. The topological polar surface area (TPSA) is 61.4 Å². The third kappa shape index (κ3) is 3.38. The van der Waals surface area contributed by atoms with Crippen molar-refractivity contribution in [2.45, 2.75) is 38.6 Å². The number of nitrogens with one attached hydrogen (secondary N) is 1. The van der Waals surface area contributed by atoms with Gasteiger partial charge in [-0.3, -0.25) is 0 Å². The van der Waals surface area contributed by atoms with Crippen molar-refractivity contribution in [3.8, 4) is 0 Å². The molecular weight excluding hydrogens is 278 g/mol. The predicted molar refractivity (Wildman–Crippen MR) is 85.9 cm³/mol. The number of carbonyl (C=O) groups is 1. The predicted octanol–water partition coefficient (Wildman–Crippen LogP) is 2.16. The number of anilines is 1. The number of urea groups is 1. The highest BCUT2D eigenvalue weighted by Gasteiger charge is 2.31. The Morgan fingerprint density at radius 2 is 1.95 bits per heavy atom. The molecule has 6 heteroatoms. The lowest BCUT2D eigenvalue weighted by molar-refractivity contribution is 0.0922. The monoisotopic (exact) mass is 303 g/mol. The van der Waals surface area contributed by atoms with Crippen LogP contribution in [0.1, 0.15) is 38.4 Å². The van der Waals surface area contributed by atoms with Crippen molar-refractivity contribution in [3.05, 3.63) is 18.2 Å². The summed E-state index contributed by atoms with van der Waals surface area (Å²) < 4.78 is 0. The van der Waals surface area contributed by atoms with E-state index in [4.69, 9.17) is 0 Å². The quantitative estimate of drug-likeness (QED) is 0.929. The fourth-order valence-corrected chi connectivity index (χ4v) is 2.93. The Hall–Kier alpha value is -1.69. The highest BCUT2D eigenvalue weighted by Crippen LogP contribution is 2.37. The van der Waals surface area contributed by atoms with Crippen molar-refractivity contribution in [1.82, 2.24) is 19.8 Å². The minimum atomic E-state index is -0.0467. The fourth-order valence-electron chi connectivity index (χ4n) is 2.93. The highest BCUT2D eigenvalue weighted by atomic mass is 16.2. The second-order valence-corrected chi connectivity index (χ2v) is 6.80. The molecule has 0 aromatic carbocycles. The van der Waals surface area contributed by atoms with Gasteiger partial charge >= 0.3 is 6.03 Å². The molecule has 0 bridgehead atoms. The minimum Gasteiger partial charge on any atom is -0.319 e. The fraction of sp³-hybridized carbons (Fsp3) is 0.688. The van der Waals surface area contributed by atoms with Gasteiger partial charge in [0.1, 0.15) is 5.82 Å². The van der Waals surface area contributed by atoms with Gasteiger partial charge in [-0.2, -0.15) is 0 Å². The molecule has 1 aliphatic carbocycles. The van der Waals surface area contributed by atoms with Crippen LogP contribution in [0.4, 0.5) is 10.5 Å². The zero-order valence-electron chi connectivity index (χ0n) is 13.6. The summed E-state index contributed by atoms with van der Waals surface area (Å²) in [6, 6.07) is 0.194. The first-order chi connectivity index (χ1) is 10.5. The number of carbonyl (C=O) groups excluding carboxylic acids is 1. The van der Waals surface area contributed by atoms with Gasteiger partial charge in [0.25, 0.3) is 0 Å². The molecule has 2 amide bonds. The molecule has 1 aromatic rings. The zero-order valence-corrected chi connectivity index (χ0v) is 13.6. The van der Waals surface area contributed by atoms with E-state index < -0.39 is 0 Å². The molecule has 22 heavy (non-hydrogen) atoms. The van der Waals surface area contributed by atoms with E-state index in [1.54, 1.807) is 12.4 Å². The summed E-state index contributed by atoms with van der Waals surface area (Å²) in [6.07, 6.45) is 5.81. The van der Waals surface area contributed by atoms with Crippen molar-refractivity contribution in [2.24, 2.45) is 5.92 Å². The maximum absolute atomic E-state index is 12.6. The minimum absolute atomic E-state index is 0.0467. The summed E-state index contributed by atoms with van der Waals surface area (Å²) in [6.45, 7) is 6.91. The van der Waals surface area contributed by atoms with Crippen LogP contribution in [0.3, 0.4) is 0 Å². The van der Waals surface area contributed by atoms with Crippen molar-refractivity contribution in [2.75, 3.05) is 32.0 Å². The Labute approximate surface area is 131 Å². The van der Waals surface area contributed by atoms with Gasteiger partial charge in [0.2, 0.25) is 0 Å². The van der Waals surface area contributed by atoms with Gasteiger partial charge in [0.05, 0.1) is 18.1 Å².